The van der Waals surface area contributed by atoms with Crippen LogP contribution in [0.4, 0.5) is 0 Å². The number of allylic oxidation sites excluding steroid dienone is 2. The SMILES string of the molecule is CC(=O)OC1CC2C(CC(O)C3C2(C)CCC2C(C)C(O)CCC23C)/C1=C(\CCC=C(C)C)C(=O)O. The van der Waals surface area contributed by atoms with E-state index in [-0.39, 0.29) is 40.6 Å². The van der Waals surface area contributed by atoms with E-state index in [0.29, 0.717) is 37.2 Å². The molecule has 4 rings (SSSR count). The number of ether oxygens (including phenoxy) is 1. The third-order valence-electron chi connectivity index (χ3n) is 10.8. The maximum Gasteiger partial charge on any atom is 0.331 e. The summed E-state index contributed by atoms with van der Waals surface area (Å²) in [6.07, 6.45) is 6.42. The van der Waals surface area contributed by atoms with Crippen LogP contribution in [0.1, 0.15) is 92.9 Å². The molecule has 0 bridgehead atoms. The molecule has 6 nitrogen and oxygen atoms in total. The average Bonchev–Trinajstić information content (AvgIpc) is 3.11. The molecule has 6 heteroatoms. The molecule has 0 aromatic heterocycles. The Kier molecular flexibility index (Phi) is 7.53. The van der Waals surface area contributed by atoms with E-state index < -0.39 is 24.1 Å². The molecule has 0 amide bonds. The Morgan fingerprint density at radius 3 is 2.25 bits per heavy atom. The number of carbonyl (C=O) groups excluding carboxylic acids is 1. The van der Waals surface area contributed by atoms with Gasteiger partial charge >= 0.3 is 11.9 Å². The molecule has 202 valence electrons. The number of fused-ring (bicyclic) bond motifs is 5. The molecular formula is C30H46O6. The van der Waals surface area contributed by atoms with Gasteiger partial charge < -0.3 is 20.1 Å². The zero-order valence-electron chi connectivity index (χ0n) is 22.9. The van der Waals surface area contributed by atoms with Crippen LogP contribution in [-0.4, -0.2) is 45.6 Å². The minimum Gasteiger partial charge on any atom is -0.478 e. The summed E-state index contributed by atoms with van der Waals surface area (Å²) in [6.45, 7) is 12.2. The summed E-state index contributed by atoms with van der Waals surface area (Å²) in [7, 11) is 0. The van der Waals surface area contributed by atoms with Crippen LogP contribution in [-0.2, 0) is 14.3 Å². The fraction of sp³-hybridized carbons (Fsp3) is 0.800. The Morgan fingerprint density at radius 1 is 1.00 bits per heavy atom. The highest BCUT2D eigenvalue weighted by atomic mass is 16.5. The number of aliphatic hydroxyl groups excluding tert-OH is 2. The van der Waals surface area contributed by atoms with Gasteiger partial charge in [-0.1, -0.05) is 32.4 Å². The van der Waals surface area contributed by atoms with Gasteiger partial charge in [0.1, 0.15) is 6.10 Å². The van der Waals surface area contributed by atoms with Crippen LogP contribution in [0.5, 0.6) is 0 Å². The molecule has 4 fully saturated rings. The first-order valence-corrected chi connectivity index (χ1v) is 13.9. The van der Waals surface area contributed by atoms with Gasteiger partial charge in [-0.25, -0.2) is 4.79 Å². The smallest absolute Gasteiger partial charge is 0.331 e. The van der Waals surface area contributed by atoms with Crippen LogP contribution in [0, 0.1) is 40.4 Å². The molecule has 36 heavy (non-hydrogen) atoms. The molecule has 0 aromatic rings. The average molecular weight is 503 g/mol. The van der Waals surface area contributed by atoms with E-state index in [4.69, 9.17) is 4.74 Å². The van der Waals surface area contributed by atoms with Gasteiger partial charge in [-0.05, 0) is 111 Å². The fourth-order valence-electron chi connectivity index (χ4n) is 9.43. The Morgan fingerprint density at radius 2 is 1.64 bits per heavy atom. The molecule has 0 saturated heterocycles. The molecule has 0 heterocycles. The van der Waals surface area contributed by atoms with Crippen molar-refractivity contribution in [3.05, 3.63) is 22.8 Å². The Bertz CT molecular complexity index is 947. The number of esters is 1. The molecule has 10 atom stereocenters. The highest BCUT2D eigenvalue weighted by molar-refractivity contribution is 5.88. The van der Waals surface area contributed by atoms with E-state index in [1.165, 1.54) is 6.92 Å². The first-order chi connectivity index (χ1) is 16.8. The van der Waals surface area contributed by atoms with Crippen molar-refractivity contribution < 1.29 is 29.6 Å². The first-order valence-electron chi connectivity index (χ1n) is 13.9. The minimum atomic E-state index is -0.947. The summed E-state index contributed by atoms with van der Waals surface area (Å²) in [5, 5.41) is 32.6. The normalized spacial score (nSPS) is 45.1. The van der Waals surface area contributed by atoms with Crippen molar-refractivity contribution in [3.8, 4) is 0 Å². The van der Waals surface area contributed by atoms with E-state index in [1.54, 1.807) is 0 Å². The number of hydrogen-bond donors (Lipinski definition) is 3. The predicted octanol–water partition coefficient (Wildman–Crippen LogP) is 5.28. The van der Waals surface area contributed by atoms with Gasteiger partial charge in [-0.3, -0.25) is 4.79 Å². The second-order valence-electron chi connectivity index (χ2n) is 13.0. The molecule has 3 N–H and O–H groups in total. The highest BCUT2D eigenvalue weighted by Gasteiger charge is 2.66. The molecule has 0 aliphatic heterocycles. The minimum absolute atomic E-state index is 0.0709. The largest absolute Gasteiger partial charge is 0.478 e. The van der Waals surface area contributed by atoms with Gasteiger partial charge in [0.15, 0.2) is 0 Å². The topological polar surface area (TPSA) is 104 Å². The van der Waals surface area contributed by atoms with Crippen molar-refractivity contribution in [2.75, 3.05) is 0 Å². The van der Waals surface area contributed by atoms with Gasteiger partial charge in [0.2, 0.25) is 0 Å². The Hall–Kier alpha value is -1.66. The lowest BCUT2D eigenvalue weighted by atomic mass is 9.40. The third-order valence-corrected chi connectivity index (χ3v) is 10.8. The summed E-state index contributed by atoms with van der Waals surface area (Å²) in [6, 6.07) is 0. The summed E-state index contributed by atoms with van der Waals surface area (Å²) in [5.74, 6) is -0.630. The second kappa shape index (κ2) is 9.90. The van der Waals surface area contributed by atoms with Crippen LogP contribution in [0.2, 0.25) is 0 Å². The van der Waals surface area contributed by atoms with E-state index in [1.807, 2.05) is 19.9 Å². The van der Waals surface area contributed by atoms with Gasteiger partial charge in [0.25, 0.3) is 0 Å². The number of carboxylic acids is 1. The van der Waals surface area contributed by atoms with E-state index in [2.05, 4.69) is 20.8 Å². The van der Waals surface area contributed by atoms with Gasteiger partial charge in [-0.15, -0.1) is 0 Å². The zero-order chi connectivity index (χ0) is 26.6. The second-order valence-corrected chi connectivity index (χ2v) is 13.0. The van der Waals surface area contributed by atoms with E-state index in [0.717, 1.165) is 36.8 Å². The number of hydrogen-bond acceptors (Lipinski definition) is 5. The number of rotatable bonds is 5. The van der Waals surface area contributed by atoms with E-state index >= 15 is 0 Å². The molecule has 0 spiro atoms. The molecule has 0 aromatic carbocycles. The molecule has 4 aliphatic rings. The molecule has 4 saturated carbocycles. The van der Waals surface area contributed by atoms with Crippen molar-refractivity contribution in [2.45, 2.75) is 111 Å². The lowest BCUT2D eigenvalue weighted by Gasteiger charge is -2.66. The number of aliphatic hydroxyl groups is 2. The predicted molar refractivity (Wildman–Crippen MR) is 138 cm³/mol. The lowest BCUT2D eigenvalue weighted by Crippen LogP contribution is -2.62. The number of carbonyl (C=O) groups is 2. The van der Waals surface area contributed by atoms with Crippen LogP contribution in [0.15, 0.2) is 22.8 Å². The van der Waals surface area contributed by atoms with Gasteiger partial charge in [0.05, 0.1) is 12.2 Å². The maximum atomic E-state index is 12.5. The van der Waals surface area contributed by atoms with Crippen molar-refractivity contribution in [1.82, 2.24) is 0 Å². The lowest BCUT2D eigenvalue weighted by molar-refractivity contribution is -0.208. The Labute approximate surface area is 216 Å². The molecular weight excluding hydrogens is 456 g/mol. The molecule has 10 unspecified atom stereocenters. The van der Waals surface area contributed by atoms with Crippen molar-refractivity contribution in [1.29, 1.82) is 0 Å². The van der Waals surface area contributed by atoms with Crippen LogP contribution in [0.25, 0.3) is 0 Å². The van der Waals surface area contributed by atoms with E-state index in [9.17, 15) is 24.9 Å². The standard InChI is InChI=1S/C30H46O6/c1-16(2)8-7-9-19(28(34)35)26-20-14-24(33)27-29(5)13-11-23(32)17(3)21(29)10-12-30(27,6)22(20)15-25(26)36-18(4)31/h8,17,20-25,27,32-33H,7,9-15H2,1-6H3,(H,34,35)/b26-19-. The fourth-order valence-corrected chi connectivity index (χ4v) is 9.43. The number of carboxylic acid groups (broad SMARTS) is 1. The quantitative estimate of drug-likeness (QED) is 0.269. The van der Waals surface area contributed by atoms with Crippen LogP contribution < -0.4 is 0 Å². The van der Waals surface area contributed by atoms with Gasteiger partial charge in [0, 0.05) is 12.5 Å². The molecule has 4 aliphatic carbocycles. The van der Waals surface area contributed by atoms with Crippen molar-refractivity contribution in [2.24, 2.45) is 40.4 Å². The highest BCUT2D eigenvalue weighted by Crippen LogP contribution is 2.70. The molecule has 0 radical (unpaired) electrons. The summed E-state index contributed by atoms with van der Waals surface area (Å²) in [4.78, 5) is 24.6. The Balaban J connectivity index is 1.76. The number of aliphatic carboxylic acids is 1. The first kappa shape index (κ1) is 27.4. The summed E-state index contributed by atoms with van der Waals surface area (Å²) < 4.78 is 5.81. The summed E-state index contributed by atoms with van der Waals surface area (Å²) >= 11 is 0. The van der Waals surface area contributed by atoms with Crippen LogP contribution in [0.3, 0.4) is 0 Å². The van der Waals surface area contributed by atoms with Gasteiger partial charge in [-0.2, -0.15) is 0 Å². The van der Waals surface area contributed by atoms with Crippen molar-refractivity contribution in [3.63, 3.8) is 0 Å². The van der Waals surface area contributed by atoms with Crippen LogP contribution >= 0.6 is 0 Å². The summed E-state index contributed by atoms with van der Waals surface area (Å²) in [5.41, 5.74) is 1.99. The maximum absolute atomic E-state index is 12.5. The van der Waals surface area contributed by atoms with Crippen molar-refractivity contribution >= 4 is 11.9 Å². The zero-order valence-corrected chi connectivity index (χ0v) is 22.9. The monoisotopic (exact) mass is 502 g/mol. The third kappa shape index (κ3) is 4.47.